The zero-order chi connectivity index (χ0) is 19.8. The minimum atomic E-state index is -0.964. The Labute approximate surface area is 157 Å². The van der Waals surface area contributed by atoms with Crippen molar-refractivity contribution in [3.63, 3.8) is 0 Å². The van der Waals surface area contributed by atoms with Gasteiger partial charge < -0.3 is 15.4 Å². The maximum atomic E-state index is 13.8. The number of carbonyl (C=O) groups is 1. The van der Waals surface area contributed by atoms with Gasteiger partial charge in [-0.1, -0.05) is 12.1 Å². The molecule has 4 rings (SSSR count). The van der Waals surface area contributed by atoms with Crippen LogP contribution in [0.2, 0.25) is 0 Å². The summed E-state index contributed by atoms with van der Waals surface area (Å²) in [4.78, 5) is 19.9. The first kappa shape index (κ1) is 17.8. The van der Waals surface area contributed by atoms with Crippen LogP contribution in [0.5, 0.6) is 0 Å². The van der Waals surface area contributed by atoms with E-state index in [4.69, 9.17) is 0 Å². The van der Waals surface area contributed by atoms with Crippen molar-refractivity contribution >= 4 is 22.6 Å². The Balaban J connectivity index is 1.72. The number of hydrogen-bond acceptors (Lipinski definition) is 4. The van der Waals surface area contributed by atoms with Gasteiger partial charge in [-0.05, 0) is 30.7 Å². The van der Waals surface area contributed by atoms with Gasteiger partial charge in [-0.3, -0.25) is 9.89 Å². The number of imidazole rings is 1. The maximum absolute atomic E-state index is 13.8. The van der Waals surface area contributed by atoms with E-state index in [1.165, 1.54) is 12.3 Å². The van der Waals surface area contributed by atoms with Crippen LogP contribution in [0.25, 0.3) is 22.6 Å². The number of aromatic nitrogens is 4. The van der Waals surface area contributed by atoms with Gasteiger partial charge in [-0.15, -0.1) is 0 Å². The molecule has 4 aromatic rings. The summed E-state index contributed by atoms with van der Waals surface area (Å²) in [5.41, 5.74) is 2.64. The van der Waals surface area contributed by atoms with Crippen molar-refractivity contribution in [1.29, 1.82) is 0 Å². The summed E-state index contributed by atoms with van der Waals surface area (Å²) >= 11 is 0. The van der Waals surface area contributed by atoms with Gasteiger partial charge in [0, 0.05) is 11.8 Å². The second-order valence-electron chi connectivity index (χ2n) is 6.26. The number of amides is 1. The summed E-state index contributed by atoms with van der Waals surface area (Å²) in [7, 11) is 0. The van der Waals surface area contributed by atoms with Gasteiger partial charge in [0.1, 0.15) is 17.2 Å². The van der Waals surface area contributed by atoms with Crippen LogP contribution >= 0.6 is 0 Å². The molecule has 0 unspecified atom stereocenters. The van der Waals surface area contributed by atoms with Crippen molar-refractivity contribution < 1.29 is 18.7 Å². The molecule has 1 amide bonds. The Kier molecular flexibility index (Phi) is 4.36. The summed E-state index contributed by atoms with van der Waals surface area (Å²) in [6.45, 7) is 1.71. The Morgan fingerprint density at radius 1 is 1.25 bits per heavy atom. The van der Waals surface area contributed by atoms with Gasteiger partial charge in [0.05, 0.1) is 23.3 Å². The quantitative estimate of drug-likeness (QED) is 0.434. The third-order valence-corrected chi connectivity index (χ3v) is 4.28. The maximum Gasteiger partial charge on any atom is 0.261 e. The number of aryl methyl sites for hydroxylation is 1. The lowest BCUT2D eigenvalue weighted by Gasteiger charge is -2.06. The summed E-state index contributed by atoms with van der Waals surface area (Å²) in [6, 6.07) is 6.88. The van der Waals surface area contributed by atoms with E-state index in [9.17, 15) is 18.7 Å². The number of aliphatic hydroxyl groups excluding tert-OH is 1. The summed E-state index contributed by atoms with van der Waals surface area (Å²) in [5, 5.41) is 18.7. The van der Waals surface area contributed by atoms with E-state index in [0.717, 1.165) is 17.7 Å². The van der Waals surface area contributed by atoms with E-state index < -0.39 is 23.1 Å². The van der Waals surface area contributed by atoms with E-state index in [-0.39, 0.29) is 18.0 Å². The second kappa shape index (κ2) is 6.86. The molecule has 4 N–H and O–H groups in total. The average Bonchev–Trinajstić information content (AvgIpc) is 3.27. The fraction of sp³-hybridized carbons (Fsp3) is 0.105. The largest absolute Gasteiger partial charge is 0.392 e. The zero-order valence-corrected chi connectivity index (χ0v) is 14.7. The first-order chi connectivity index (χ1) is 13.5. The third-order valence-electron chi connectivity index (χ3n) is 4.28. The molecule has 0 atom stereocenters. The van der Waals surface area contributed by atoms with Crippen LogP contribution in [0.3, 0.4) is 0 Å². The van der Waals surface area contributed by atoms with Gasteiger partial charge in [0.25, 0.3) is 5.91 Å². The van der Waals surface area contributed by atoms with Crippen LogP contribution in [0.15, 0.2) is 36.5 Å². The lowest BCUT2D eigenvalue weighted by molar-refractivity contribution is 0.101. The highest BCUT2D eigenvalue weighted by molar-refractivity contribution is 6.06. The minimum absolute atomic E-state index is 0.181. The molecule has 0 fully saturated rings. The number of hydrogen-bond donors (Lipinski definition) is 4. The molecule has 142 valence electrons. The van der Waals surface area contributed by atoms with Crippen LogP contribution in [0, 0.1) is 18.6 Å². The van der Waals surface area contributed by atoms with Crippen molar-refractivity contribution in [2.45, 2.75) is 13.5 Å². The first-order valence-electron chi connectivity index (χ1n) is 8.37. The number of nitrogens with one attached hydrogen (secondary N) is 3. The predicted molar refractivity (Wildman–Crippen MR) is 98.6 cm³/mol. The molecule has 0 aliphatic carbocycles. The van der Waals surface area contributed by atoms with E-state index in [0.29, 0.717) is 22.4 Å². The zero-order valence-electron chi connectivity index (χ0n) is 14.7. The molecule has 2 aromatic carbocycles. The van der Waals surface area contributed by atoms with Crippen LogP contribution in [0.1, 0.15) is 21.5 Å². The molecule has 0 spiro atoms. The Morgan fingerprint density at radius 2 is 2.00 bits per heavy atom. The number of nitrogens with zero attached hydrogens (tertiary/aromatic N) is 2. The van der Waals surface area contributed by atoms with Gasteiger partial charge >= 0.3 is 0 Å². The van der Waals surface area contributed by atoms with Gasteiger partial charge in [0.2, 0.25) is 0 Å². The van der Waals surface area contributed by atoms with Crippen LogP contribution in [0.4, 0.5) is 14.5 Å². The summed E-state index contributed by atoms with van der Waals surface area (Å²) in [6.07, 6.45) is 1.39. The molecule has 28 heavy (non-hydrogen) atoms. The normalized spacial score (nSPS) is 11.1. The molecular formula is C19H15F2N5O2. The number of H-pyrrole nitrogens is 2. The number of fused-ring (bicyclic) bond motifs is 1. The molecule has 0 aliphatic rings. The number of anilines is 1. The van der Waals surface area contributed by atoms with Gasteiger partial charge in [-0.2, -0.15) is 5.10 Å². The number of benzene rings is 2. The predicted octanol–water partition coefficient (Wildman–Crippen LogP) is 3.28. The topological polar surface area (TPSA) is 107 Å². The van der Waals surface area contributed by atoms with Crippen molar-refractivity contribution in [2.75, 3.05) is 5.32 Å². The van der Waals surface area contributed by atoms with Crippen molar-refractivity contribution in [3.8, 4) is 11.5 Å². The Bertz CT molecular complexity index is 1180. The van der Waals surface area contributed by atoms with Crippen LogP contribution in [-0.2, 0) is 6.61 Å². The molecule has 7 nitrogen and oxygen atoms in total. The number of rotatable bonds is 4. The van der Waals surface area contributed by atoms with Gasteiger partial charge in [-0.25, -0.2) is 13.8 Å². The Morgan fingerprint density at radius 3 is 2.71 bits per heavy atom. The molecule has 0 saturated carbocycles. The Hall–Kier alpha value is -3.59. The number of carbonyl (C=O) groups excluding carboxylic acids is 1. The number of aromatic amines is 2. The summed E-state index contributed by atoms with van der Waals surface area (Å²) in [5.74, 6) is -2.54. The lowest BCUT2D eigenvalue weighted by Crippen LogP contribution is -2.16. The fourth-order valence-electron chi connectivity index (χ4n) is 3.05. The molecular weight excluding hydrogens is 368 g/mol. The van der Waals surface area contributed by atoms with E-state index >= 15 is 0 Å². The highest BCUT2D eigenvalue weighted by Gasteiger charge is 2.21. The second-order valence-corrected chi connectivity index (χ2v) is 6.26. The minimum Gasteiger partial charge on any atom is -0.392 e. The fourth-order valence-corrected chi connectivity index (χ4v) is 3.05. The van der Waals surface area contributed by atoms with E-state index in [1.807, 2.05) is 19.1 Å². The van der Waals surface area contributed by atoms with Gasteiger partial charge in [0.15, 0.2) is 11.5 Å². The highest BCUT2D eigenvalue weighted by atomic mass is 19.1. The smallest absolute Gasteiger partial charge is 0.261 e. The molecule has 2 heterocycles. The monoisotopic (exact) mass is 383 g/mol. The standard InChI is InChI=1S/C19H15F2N5O2/c1-9-5-10(8-27)16-13(6-9)23-18(25-16)17-14(7-22-26-17)24-19(28)15-11(20)3-2-4-12(15)21/h2-7,27H,8H2,1H3,(H,22,26)(H,23,25)(H,24,28). The van der Waals surface area contributed by atoms with Crippen LogP contribution < -0.4 is 5.32 Å². The van der Waals surface area contributed by atoms with E-state index in [2.05, 4.69) is 25.5 Å². The average molecular weight is 383 g/mol. The summed E-state index contributed by atoms with van der Waals surface area (Å²) < 4.78 is 27.7. The first-order valence-corrected chi connectivity index (χ1v) is 8.37. The molecule has 9 heteroatoms. The SMILES string of the molecule is Cc1cc(CO)c2nc(-c3n[nH]cc3NC(=O)c3c(F)cccc3F)[nH]c2c1. The van der Waals surface area contributed by atoms with Crippen molar-refractivity contribution in [2.24, 2.45) is 0 Å². The number of halogens is 2. The molecule has 0 bridgehead atoms. The third kappa shape index (κ3) is 3.01. The van der Waals surface area contributed by atoms with Crippen molar-refractivity contribution in [3.05, 3.63) is 64.9 Å². The lowest BCUT2D eigenvalue weighted by atomic mass is 10.1. The molecule has 0 saturated heterocycles. The van der Waals surface area contributed by atoms with E-state index in [1.54, 1.807) is 0 Å². The highest BCUT2D eigenvalue weighted by Crippen LogP contribution is 2.28. The van der Waals surface area contributed by atoms with Crippen molar-refractivity contribution in [1.82, 2.24) is 20.2 Å². The van der Waals surface area contributed by atoms with Crippen LogP contribution in [-0.4, -0.2) is 31.2 Å². The molecule has 0 radical (unpaired) electrons. The molecule has 0 aliphatic heterocycles. The molecule has 2 aromatic heterocycles. The number of aliphatic hydroxyl groups is 1.